The highest BCUT2D eigenvalue weighted by molar-refractivity contribution is 6.10. The number of hydrogen-bond acceptors (Lipinski definition) is 1. The van der Waals surface area contributed by atoms with E-state index in [4.69, 9.17) is 0 Å². The number of nitriles is 1. The average Bonchev–Trinajstić information content (AvgIpc) is 3.54. The monoisotopic (exact) mass is 509 g/mol. The highest BCUT2D eigenvalue weighted by Crippen LogP contribution is 2.38. The molecule has 0 unspecified atom stereocenters. The number of fused-ring (bicyclic) bond motifs is 6. The summed E-state index contributed by atoms with van der Waals surface area (Å²) in [6.07, 6.45) is 0. The lowest BCUT2D eigenvalue weighted by atomic mass is 10.00. The van der Waals surface area contributed by atoms with E-state index in [9.17, 15) is 5.26 Å². The predicted octanol–water partition coefficient (Wildman–Crippen LogP) is 9.42. The lowest BCUT2D eigenvalue weighted by Gasteiger charge is -2.16. The maximum absolute atomic E-state index is 9.85. The summed E-state index contributed by atoms with van der Waals surface area (Å²) in [5.74, 6) is 0. The van der Waals surface area contributed by atoms with E-state index >= 15 is 0 Å². The summed E-state index contributed by atoms with van der Waals surface area (Å²) >= 11 is 0. The molecule has 0 aliphatic rings. The summed E-state index contributed by atoms with van der Waals surface area (Å²) in [6, 6.07) is 51.2. The highest BCUT2D eigenvalue weighted by Gasteiger charge is 2.17. The van der Waals surface area contributed by atoms with E-state index in [2.05, 4.69) is 143 Å². The van der Waals surface area contributed by atoms with Gasteiger partial charge in [-0.1, -0.05) is 84.9 Å². The van der Waals surface area contributed by atoms with Crippen LogP contribution in [0.3, 0.4) is 0 Å². The Morgan fingerprint density at radius 1 is 0.450 bits per heavy atom. The normalized spacial score (nSPS) is 11.5. The van der Waals surface area contributed by atoms with Crippen LogP contribution in [0.15, 0.2) is 140 Å². The van der Waals surface area contributed by atoms with Crippen LogP contribution >= 0.6 is 0 Å². The molecule has 186 valence electrons. The van der Waals surface area contributed by atoms with E-state index in [1.807, 2.05) is 12.1 Å². The van der Waals surface area contributed by atoms with Crippen LogP contribution in [0, 0.1) is 11.3 Å². The third kappa shape index (κ3) is 3.24. The largest absolute Gasteiger partial charge is 0.309 e. The number of benzene rings is 6. The molecule has 6 aromatic carbocycles. The first kappa shape index (κ1) is 22.4. The van der Waals surface area contributed by atoms with Crippen LogP contribution in [0.1, 0.15) is 5.56 Å². The zero-order chi connectivity index (χ0) is 26.6. The smallest absolute Gasteiger partial charge is 0.0991 e. The minimum Gasteiger partial charge on any atom is -0.309 e. The minimum absolute atomic E-state index is 0.641. The lowest BCUT2D eigenvalue weighted by Crippen LogP contribution is -1.99. The van der Waals surface area contributed by atoms with Gasteiger partial charge in [-0.25, -0.2) is 0 Å². The summed E-state index contributed by atoms with van der Waals surface area (Å²) in [7, 11) is 0. The number of aromatic nitrogens is 2. The van der Waals surface area contributed by atoms with Crippen LogP contribution in [-0.2, 0) is 0 Å². The van der Waals surface area contributed by atoms with Crippen LogP contribution in [0.25, 0.3) is 66.1 Å². The lowest BCUT2D eigenvalue weighted by molar-refractivity contribution is 1.17. The molecule has 0 aliphatic carbocycles. The van der Waals surface area contributed by atoms with Gasteiger partial charge in [0, 0.05) is 32.8 Å². The molecule has 2 aromatic heterocycles. The molecular formula is C37H23N3. The Morgan fingerprint density at radius 2 is 0.950 bits per heavy atom. The zero-order valence-corrected chi connectivity index (χ0v) is 21.6. The molecule has 0 spiro atoms. The maximum atomic E-state index is 9.85. The van der Waals surface area contributed by atoms with Crippen LogP contribution in [0.4, 0.5) is 0 Å². The quantitative estimate of drug-likeness (QED) is 0.233. The van der Waals surface area contributed by atoms with Gasteiger partial charge in [0.05, 0.1) is 39.4 Å². The molecule has 0 fully saturated rings. The molecule has 3 heteroatoms. The Labute approximate surface area is 231 Å². The first-order chi connectivity index (χ1) is 19.8. The zero-order valence-electron chi connectivity index (χ0n) is 21.6. The molecule has 2 heterocycles. The Kier molecular flexibility index (Phi) is 4.89. The Balaban J connectivity index is 1.42. The third-order valence-corrected chi connectivity index (χ3v) is 7.94. The molecule has 0 radical (unpaired) electrons. The number of para-hydroxylation sites is 4. The molecule has 0 aliphatic heterocycles. The maximum Gasteiger partial charge on any atom is 0.0991 e. The van der Waals surface area contributed by atoms with E-state index < -0.39 is 0 Å². The molecule has 0 amide bonds. The topological polar surface area (TPSA) is 33.6 Å². The van der Waals surface area contributed by atoms with Gasteiger partial charge in [-0.05, 0) is 60.2 Å². The average molecular weight is 510 g/mol. The standard InChI is InChI=1S/C37H23N3/c38-24-25-20-21-37(40-35-18-7-3-14-30(35)31-15-4-8-19-36(31)40)32(22-25)26-10-9-11-27(23-26)39-33-16-5-1-12-28(33)29-13-2-6-17-34(29)39/h1-23H. The van der Waals surface area contributed by atoms with E-state index in [1.165, 1.54) is 32.6 Å². The molecule has 0 saturated heterocycles. The molecule has 8 aromatic rings. The van der Waals surface area contributed by atoms with Gasteiger partial charge in [0.2, 0.25) is 0 Å². The van der Waals surface area contributed by atoms with Gasteiger partial charge >= 0.3 is 0 Å². The molecule has 8 rings (SSSR count). The summed E-state index contributed by atoms with van der Waals surface area (Å²) in [5, 5.41) is 14.8. The van der Waals surface area contributed by atoms with Crippen molar-refractivity contribution in [2.24, 2.45) is 0 Å². The molecule has 0 atom stereocenters. The number of hydrogen-bond donors (Lipinski definition) is 0. The molecule has 0 N–H and O–H groups in total. The fourth-order valence-electron chi connectivity index (χ4n) is 6.23. The van der Waals surface area contributed by atoms with Gasteiger partial charge in [-0.3, -0.25) is 0 Å². The summed E-state index contributed by atoms with van der Waals surface area (Å²) in [4.78, 5) is 0. The second kappa shape index (κ2) is 8.73. The van der Waals surface area contributed by atoms with Crippen molar-refractivity contribution in [3.05, 3.63) is 145 Å². The summed E-state index contributed by atoms with van der Waals surface area (Å²) in [6.45, 7) is 0. The molecule has 0 saturated carbocycles. The fourth-order valence-corrected chi connectivity index (χ4v) is 6.23. The van der Waals surface area contributed by atoms with Gasteiger partial charge in [-0.15, -0.1) is 0 Å². The Hall–Kier alpha value is -5.59. The van der Waals surface area contributed by atoms with Crippen molar-refractivity contribution in [2.75, 3.05) is 0 Å². The van der Waals surface area contributed by atoms with Crippen molar-refractivity contribution in [1.82, 2.24) is 9.13 Å². The van der Waals surface area contributed by atoms with Crippen LogP contribution < -0.4 is 0 Å². The molecule has 40 heavy (non-hydrogen) atoms. The van der Waals surface area contributed by atoms with Gasteiger partial charge < -0.3 is 9.13 Å². The van der Waals surface area contributed by atoms with Crippen molar-refractivity contribution in [1.29, 1.82) is 5.26 Å². The Morgan fingerprint density at radius 3 is 1.48 bits per heavy atom. The van der Waals surface area contributed by atoms with Gasteiger partial charge in [-0.2, -0.15) is 5.26 Å². The van der Waals surface area contributed by atoms with E-state index in [0.717, 1.165) is 33.5 Å². The predicted molar refractivity (Wildman–Crippen MR) is 165 cm³/mol. The van der Waals surface area contributed by atoms with Crippen molar-refractivity contribution < 1.29 is 0 Å². The summed E-state index contributed by atoms with van der Waals surface area (Å²) < 4.78 is 4.66. The van der Waals surface area contributed by atoms with Crippen molar-refractivity contribution in [2.45, 2.75) is 0 Å². The minimum atomic E-state index is 0.641. The first-order valence-corrected chi connectivity index (χ1v) is 13.4. The summed E-state index contributed by atoms with van der Waals surface area (Å²) in [5.41, 5.74) is 9.51. The number of rotatable bonds is 3. The van der Waals surface area contributed by atoms with Crippen molar-refractivity contribution in [3.8, 4) is 28.6 Å². The van der Waals surface area contributed by atoms with Crippen molar-refractivity contribution in [3.63, 3.8) is 0 Å². The van der Waals surface area contributed by atoms with Crippen LogP contribution in [-0.4, -0.2) is 9.13 Å². The van der Waals surface area contributed by atoms with E-state index in [0.29, 0.717) is 5.56 Å². The third-order valence-electron chi connectivity index (χ3n) is 7.94. The highest BCUT2D eigenvalue weighted by atomic mass is 15.0. The van der Waals surface area contributed by atoms with E-state index in [-0.39, 0.29) is 0 Å². The molecular weight excluding hydrogens is 486 g/mol. The second-order valence-corrected chi connectivity index (χ2v) is 10.1. The van der Waals surface area contributed by atoms with Crippen LogP contribution in [0.5, 0.6) is 0 Å². The SMILES string of the molecule is N#Cc1ccc(-n2c3ccccc3c3ccccc32)c(-c2cccc(-n3c4ccccc4c4ccccc43)c2)c1. The van der Waals surface area contributed by atoms with Gasteiger partial charge in [0.25, 0.3) is 0 Å². The van der Waals surface area contributed by atoms with Crippen molar-refractivity contribution >= 4 is 43.6 Å². The fraction of sp³-hybridized carbons (Fsp3) is 0. The van der Waals surface area contributed by atoms with Gasteiger partial charge in [0.1, 0.15) is 0 Å². The van der Waals surface area contributed by atoms with Crippen LogP contribution in [0.2, 0.25) is 0 Å². The second-order valence-electron chi connectivity index (χ2n) is 10.1. The Bertz CT molecular complexity index is 2180. The molecule has 3 nitrogen and oxygen atoms in total. The first-order valence-electron chi connectivity index (χ1n) is 13.4. The molecule has 0 bridgehead atoms. The van der Waals surface area contributed by atoms with Gasteiger partial charge in [0.15, 0.2) is 0 Å². The number of nitrogens with zero attached hydrogens (tertiary/aromatic N) is 3. The van der Waals surface area contributed by atoms with E-state index in [1.54, 1.807) is 0 Å².